The molecule has 0 radical (unpaired) electrons. The number of hydrogen-bond acceptors (Lipinski definition) is 4. The molecule has 9 heteroatoms. The molecule has 0 aliphatic carbocycles. The van der Waals surface area contributed by atoms with Gasteiger partial charge < -0.3 is 4.74 Å². The zero-order valence-electron chi connectivity index (χ0n) is 19.8. The van der Waals surface area contributed by atoms with E-state index in [1.807, 2.05) is 56.3 Å². The van der Waals surface area contributed by atoms with Crippen LogP contribution >= 0.6 is 0 Å². The van der Waals surface area contributed by atoms with Gasteiger partial charge in [0.2, 0.25) is 0 Å². The summed E-state index contributed by atoms with van der Waals surface area (Å²) in [7, 11) is -7.25. The molecule has 1 unspecified atom stereocenters. The van der Waals surface area contributed by atoms with Gasteiger partial charge in [-0.3, -0.25) is 0 Å². The first-order valence-electron chi connectivity index (χ1n) is 11.4. The Bertz CT molecular complexity index is 1400. The minimum absolute atomic E-state index is 0.00570. The van der Waals surface area contributed by atoms with Crippen LogP contribution in [0, 0.1) is 13.8 Å². The lowest BCUT2D eigenvalue weighted by Gasteiger charge is -2.29. The fraction of sp³-hybridized carbons (Fsp3) is 0.269. The van der Waals surface area contributed by atoms with Crippen LogP contribution in [0.5, 0.6) is 0 Å². The lowest BCUT2D eigenvalue weighted by molar-refractivity contribution is 0.0745. The van der Waals surface area contributed by atoms with Crippen molar-refractivity contribution < 1.29 is 17.4 Å². The number of sulfonamides is 1. The minimum Gasteiger partial charge on any atom is -0.379 e. The zero-order valence-corrected chi connectivity index (χ0v) is 21.5. The molecular weight excluding hydrogens is 482 g/mol. The fourth-order valence-corrected chi connectivity index (χ4v) is 6.74. The summed E-state index contributed by atoms with van der Waals surface area (Å²) < 4.78 is 56.9. The van der Waals surface area contributed by atoms with E-state index in [4.69, 9.17) is 4.74 Å². The van der Waals surface area contributed by atoms with E-state index in [9.17, 15) is 12.6 Å². The van der Waals surface area contributed by atoms with Gasteiger partial charge in [0.15, 0.2) is 5.84 Å². The van der Waals surface area contributed by atoms with Crippen molar-refractivity contribution in [2.24, 2.45) is 8.76 Å². The van der Waals surface area contributed by atoms with Gasteiger partial charge in [-0.2, -0.15) is 12.8 Å². The summed E-state index contributed by atoms with van der Waals surface area (Å²) >= 11 is 0. The quantitative estimate of drug-likeness (QED) is 0.362. The van der Waals surface area contributed by atoms with Crippen LogP contribution in [-0.2, 0) is 31.1 Å². The first-order valence-corrected chi connectivity index (χ1v) is 14.3. The van der Waals surface area contributed by atoms with Crippen LogP contribution in [0.3, 0.4) is 0 Å². The van der Waals surface area contributed by atoms with E-state index in [0.29, 0.717) is 31.2 Å². The summed E-state index contributed by atoms with van der Waals surface area (Å²) in [4.78, 5) is 0.579. The average molecular weight is 512 g/mol. The number of amidine groups is 1. The van der Waals surface area contributed by atoms with Crippen LogP contribution in [0.25, 0.3) is 0 Å². The SMILES string of the molecule is Cc1ccc(S(=O)(=O)/N=C(\Cc2ccccc2)N=S(=O)(c2ccc(C)cc2)N2CCOCC2)cc1. The van der Waals surface area contributed by atoms with Gasteiger partial charge in [0.1, 0.15) is 9.92 Å². The summed E-state index contributed by atoms with van der Waals surface area (Å²) in [5.41, 5.74) is 2.79. The number of rotatable bonds is 6. The van der Waals surface area contributed by atoms with Gasteiger partial charge in [-0.25, -0.2) is 8.51 Å². The van der Waals surface area contributed by atoms with Crippen LogP contribution in [0.15, 0.2) is 97.4 Å². The van der Waals surface area contributed by atoms with E-state index in [1.54, 1.807) is 28.6 Å². The second-order valence-corrected chi connectivity index (χ2v) is 12.2. The normalized spacial score (nSPS) is 17.0. The van der Waals surface area contributed by atoms with Crippen molar-refractivity contribution >= 4 is 25.8 Å². The maximum Gasteiger partial charge on any atom is 0.284 e. The monoisotopic (exact) mass is 511 g/mol. The number of ether oxygens (including phenoxy) is 1. The Kier molecular flexibility index (Phi) is 7.81. The zero-order chi connectivity index (χ0) is 24.9. The van der Waals surface area contributed by atoms with Crippen molar-refractivity contribution in [3.63, 3.8) is 0 Å². The van der Waals surface area contributed by atoms with Gasteiger partial charge in [0.25, 0.3) is 10.0 Å². The lowest BCUT2D eigenvalue weighted by atomic mass is 10.1. The van der Waals surface area contributed by atoms with E-state index in [2.05, 4.69) is 8.76 Å². The molecule has 184 valence electrons. The van der Waals surface area contributed by atoms with Gasteiger partial charge in [0.05, 0.1) is 23.0 Å². The molecule has 0 amide bonds. The Morgan fingerprint density at radius 1 is 0.800 bits per heavy atom. The van der Waals surface area contributed by atoms with Crippen molar-refractivity contribution in [1.29, 1.82) is 0 Å². The molecule has 0 N–H and O–H groups in total. The highest BCUT2D eigenvalue weighted by atomic mass is 32.2. The van der Waals surface area contributed by atoms with Gasteiger partial charge in [0, 0.05) is 19.5 Å². The van der Waals surface area contributed by atoms with E-state index in [1.165, 1.54) is 12.1 Å². The summed E-state index contributed by atoms with van der Waals surface area (Å²) in [6.45, 7) is 5.51. The van der Waals surface area contributed by atoms with Crippen molar-refractivity contribution in [1.82, 2.24) is 4.31 Å². The Labute approximate surface area is 207 Å². The van der Waals surface area contributed by atoms with Gasteiger partial charge in [-0.1, -0.05) is 65.7 Å². The third-order valence-electron chi connectivity index (χ3n) is 5.63. The standard InChI is InChI=1S/C26H29N3O4S2/c1-21-8-12-24(13-9-21)34(30,29-16-18-33-19-17-29)27-26(20-23-6-4-3-5-7-23)28-35(31,32)25-14-10-22(2)11-15-25/h3-15H,16-20H2,1-2H3/b28-26+. The second-order valence-electron chi connectivity index (χ2n) is 8.40. The number of benzene rings is 3. The summed E-state index contributed by atoms with van der Waals surface area (Å²) in [6.07, 6.45) is 0.124. The molecule has 3 aromatic carbocycles. The maximum atomic E-state index is 14.5. The topological polar surface area (TPSA) is 88.4 Å². The Morgan fingerprint density at radius 2 is 1.34 bits per heavy atom. The van der Waals surface area contributed by atoms with Crippen LogP contribution in [0.4, 0.5) is 0 Å². The lowest BCUT2D eigenvalue weighted by Crippen LogP contribution is -2.41. The highest BCUT2D eigenvalue weighted by Crippen LogP contribution is 2.23. The molecule has 1 heterocycles. The molecule has 0 aromatic heterocycles. The van der Waals surface area contributed by atoms with E-state index in [0.717, 1.165) is 16.7 Å². The summed E-state index contributed by atoms with van der Waals surface area (Å²) in [5.74, 6) is -0.00570. The maximum absolute atomic E-state index is 14.5. The van der Waals surface area contributed by atoms with Crippen molar-refractivity contribution in [2.45, 2.75) is 30.1 Å². The Balaban J connectivity index is 1.88. The number of hydrogen-bond donors (Lipinski definition) is 0. The Hall–Kier alpha value is -2.85. The highest BCUT2D eigenvalue weighted by molar-refractivity contribution is 7.92. The van der Waals surface area contributed by atoms with Crippen molar-refractivity contribution in [2.75, 3.05) is 26.3 Å². The summed E-state index contributed by atoms with van der Waals surface area (Å²) in [6, 6.07) is 23.1. The predicted molar refractivity (Wildman–Crippen MR) is 138 cm³/mol. The van der Waals surface area contributed by atoms with Crippen LogP contribution in [0.2, 0.25) is 0 Å². The van der Waals surface area contributed by atoms with Crippen LogP contribution in [0.1, 0.15) is 16.7 Å². The van der Waals surface area contributed by atoms with Gasteiger partial charge in [-0.15, -0.1) is 4.40 Å². The third kappa shape index (κ3) is 6.24. The molecule has 1 atom stereocenters. The smallest absolute Gasteiger partial charge is 0.284 e. The van der Waals surface area contributed by atoms with Crippen molar-refractivity contribution in [3.8, 4) is 0 Å². The van der Waals surface area contributed by atoms with Crippen LogP contribution < -0.4 is 0 Å². The molecule has 0 bridgehead atoms. The van der Waals surface area contributed by atoms with Crippen LogP contribution in [-0.4, -0.2) is 49.1 Å². The van der Waals surface area contributed by atoms with Gasteiger partial charge >= 0.3 is 0 Å². The molecule has 0 spiro atoms. The van der Waals surface area contributed by atoms with E-state index in [-0.39, 0.29) is 17.2 Å². The second kappa shape index (κ2) is 10.8. The molecule has 1 fully saturated rings. The molecule has 3 aromatic rings. The Morgan fingerprint density at radius 3 is 1.91 bits per heavy atom. The predicted octanol–water partition coefficient (Wildman–Crippen LogP) is 4.41. The molecule has 35 heavy (non-hydrogen) atoms. The number of aryl methyl sites for hydroxylation is 2. The molecule has 0 saturated carbocycles. The molecular formula is C26H29N3O4S2. The molecule has 7 nitrogen and oxygen atoms in total. The molecule has 4 rings (SSSR count). The summed E-state index contributed by atoms with van der Waals surface area (Å²) in [5, 5.41) is 0. The molecule has 1 aliphatic heterocycles. The van der Waals surface area contributed by atoms with E-state index < -0.39 is 19.9 Å². The third-order valence-corrected chi connectivity index (χ3v) is 9.36. The van der Waals surface area contributed by atoms with E-state index >= 15 is 0 Å². The van der Waals surface area contributed by atoms with Crippen molar-refractivity contribution in [3.05, 3.63) is 95.6 Å². The number of nitrogens with zero attached hydrogens (tertiary/aromatic N) is 3. The average Bonchev–Trinajstić information content (AvgIpc) is 2.85. The fourth-order valence-electron chi connectivity index (χ4n) is 3.67. The highest BCUT2D eigenvalue weighted by Gasteiger charge is 2.26. The minimum atomic E-state index is -4.06. The first kappa shape index (κ1) is 25.2. The molecule has 1 saturated heterocycles. The largest absolute Gasteiger partial charge is 0.379 e. The molecule has 1 aliphatic rings. The van der Waals surface area contributed by atoms with Gasteiger partial charge in [-0.05, 0) is 43.7 Å². The number of morpholine rings is 1. The first-order chi connectivity index (χ1) is 16.8.